The highest BCUT2D eigenvalue weighted by atomic mass is 35.5. The summed E-state index contributed by atoms with van der Waals surface area (Å²) in [5, 5.41) is 10.4. The average molecular weight is 561 g/mol. The third kappa shape index (κ3) is 6.86. The number of anilines is 1. The van der Waals surface area contributed by atoms with Gasteiger partial charge in [-0.2, -0.15) is 5.10 Å². The standard InChI is InChI=1S/C30H29ClN4O5/c1-19-18-32-35(27(19)34-30(38)40-20(2)24-11-7-8-12-25(24)31)23-15-13-22(14-16-23)28(36)33-26(29(37)39-3)17-21-9-5-4-6-10-21/h4-16,18,20,26H,17H2,1-3H3,(H,33,36)(H,34,38)/t20-,26?/m1/s1. The number of aryl methyl sites for hydroxylation is 1. The highest BCUT2D eigenvalue weighted by Crippen LogP contribution is 2.26. The average Bonchev–Trinajstić information content (AvgIpc) is 3.32. The van der Waals surface area contributed by atoms with Crippen molar-refractivity contribution < 1.29 is 23.9 Å². The Bertz CT molecular complexity index is 1490. The summed E-state index contributed by atoms with van der Waals surface area (Å²) in [6, 6.07) is 22.3. The molecule has 40 heavy (non-hydrogen) atoms. The van der Waals surface area contributed by atoms with Crippen molar-refractivity contribution in [3.8, 4) is 5.69 Å². The first-order chi connectivity index (χ1) is 19.3. The van der Waals surface area contributed by atoms with Crippen LogP contribution in [0.2, 0.25) is 5.02 Å². The van der Waals surface area contributed by atoms with Gasteiger partial charge in [-0.1, -0.05) is 60.1 Å². The molecule has 9 nitrogen and oxygen atoms in total. The molecule has 0 aliphatic heterocycles. The summed E-state index contributed by atoms with van der Waals surface area (Å²) in [6.45, 7) is 3.54. The van der Waals surface area contributed by atoms with E-state index in [0.29, 0.717) is 39.6 Å². The molecule has 0 saturated heterocycles. The van der Waals surface area contributed by atoms with Crippen LogP contribution in [0.4, 0.5) is 10.6 Å². The molecule has 10 heteroatoms. The number of hydrogen-bond donors (Lipinski definition) is 2. The SMILES string of the molecule is COC(=O)C(Cc1ccccc1)NC(=O)c1ccc(-n2ncc(C)c2NC(=O)O[C@H](C)c2ccccc2Cl)cc1. The topological polar surface area (TPSA) is 112 Å². The molecule has 0 saturated carbocycles. The second kappa shape index (κ2) is 12.9. The number of aromatic nitrogens is 2. The van der Waals surface area contributed by atoms with Crippen LogP contribution in [-0.4, -0.2) is 40.9 Å². The summed E-state index contributed by atoms with van der Waals surface area (Å²) in [4.78, 5) is 38.0. The van der Waals surface area contributed by atoms with Crippen LogP contribution >= 0.6 is 11.6 Å². The van der Waals surface area contributed by atoms with Crippen molar-refractivity contribution in [2.24, 2.45) is 0 Å². The Morgan fingerprint density at radius 3 is 2.33 bits per heavy atom. The summed E-state index contributed by atoms with van der Waals surface area (Å²) >= 11 is 6.22. The number of rotatable bonds is 9. The molecule has 3 aromatic carbocycles. The number of methoxy groups -OCH3 is 1. The molecule has 4 rings (SSSR count). The van der Waals surface area contributed by atoms with Gasteiger partial charge < -0.3 is 14.8 Å². The zero-order chi connectivity index (χ0) is 28.6. The van der Waals surface area contributed by atoms with Crippen LogP contribution in [0.15, 0.2) is 85.1 Å². The third-order valence-corrected chi connectivity index (χ3v) is 6.59. The summed E-state index contributed by atoms with van der Waals surface area (Å²) < 4.78 is 11.9. The second-order valence-electron chi connectivity index (χ2n) is 9.07. The van der Waals surface area contributed by atoms with E-state index in [0.717, 1.165) is 5.56 Å². The smallest absolute Gasteiger partial charge is 0.413 e. The first-order valence-electron chi connectivity index (χ1n) is 12.6. The van der Waals surface area contributed by atoms with Gasteiger partial charge in [0.2, 0.25) is 0 Å². The molecular weight excluding hydrogens is 532 g/mol. The van der Waals surface area contributed by atoms with Crippen molar-refractivity contribution in [3.63, 3.8) is 0 Å². The monoisotopic (exact) mass is 560 g/mol. The lowest BCUT2D eigenvalue weighted by Gasteiger charge is -2.17. The Morgan fingerprint density at radius 2 is 1.65 bits per heavy atom. The van der Waals surface area contributed by atoms with Crippen LogP contribution in [0.5, 0.6) is 0 Å². The first-order valence-corrected chi connectivity index (χ1v) is 12.9. The van der Waals surface area contributed by atoms with Gasteiger partial charge in [-0.25, -0.2) is 14.3 Å². The van der Waals surface area contributed by atoms with Crippen LogP contribution in [0.25, 0.3) is 5.69 Å². The van der Waals surface area contributed by atoms with Gasteiger partial charge in [-0.3, -0.25) is 10.1 Å². The maximum absolute atomic E-state index is 12.9. The number of ether oxygens (including phenoxy) is 2. The molecular formula is C30H29ClN4O5. The quantitative estimate of drug-likeness (QED) is 0.256. The maximum atomic E-state index is 12.9. The normalized spacial score (nSPS) is 12.2. The van der Waals surface area contributed by atoms with Crippen molar-refractivity contribution in [2.45, 2.75) is 32.4 Å². The Labute approximate surface area is 237 Å². The van der Waals surface area contributed by atoms with Gasteiger partial charge in [0.25, 0.3) is 5.91 Å². The molecule has 0 fully saturated rings. The van der Waals surface area contributed by atoms with E-state index in [1.165, 1.54) is 11.8 Å². The second-order valence-corrected chi connectivity index (χ2v) is 9.48. The number of carbonyl (C=O) groups is 3. The minimum atomic E-state index is -0.844. The van der Waals surface area contributed by atoms with Crippen LogP contribution in [0.3, 0.4) is 0 Å². The predicted molar refractivity (Wildman–Crippen MR) is 152 cm³/mol. The highest BCUT2D eigenvalue weighted by Gasteiger charge is 2.23. The molecule has 0 bridgehead atoms. The van der Waals surface area contributed by atoms with E-state index in [9.17, 15) is 14.4 Å². The molecule has 4 aromatic rings. The van der Waals surface area contributed by atoms with Crippen molar-refractivity contribution in [1.82, 2.24) is 15.1 Å². The number of esters is 1. The number of nitrogens with zero attached hydrogens (tertiary/aromatic N) is 2. The van der Waals surface area contributed by atoms with Gasteiger partial charge in [0.05, 0.1) is 19.0 Å². The molecule has 0 radical (unpaired) electrons. The number of halogens is 1. The zero-order valence-corrected chi connectivity index (χ0v) is 23.0. The largest absolute Gasteiger partial charge is 0.467 e. The first kappa shape index (κ1) is 28.4. The highest BCUT2D eigenvalue weighted by molar-refractivity contribution is 6.31. The Hall–Kier alpha value is -4.63. The van der Waals surface area contributed by atoms with E-state index < -0.39 is 30.1 Å². The van der Waals surface area contributed by atoms with E-state index in [-0.39, 0.29) is 0 Å². The van der Waals surface area contributed by atoms with Crippen molar-refractivity contribution in [1.29, 1.82) is 0 Å². The third-order valence-electron chi connectivity index (χ3n) is 6.25. The van der Waals surface area contributed by atoms with Gasteiger partial charge in [0, 0.05) is 28.1 Å². The van der Waals surface area contributed by atoms with Gasteiger partial charge in [0.15, 0.2) is 0 Å². The number of nitrogens with one attached hydrogen (secondary N) is 2. The molecule has 1 heterocycles. The molecule has 1 aromatic heterocycles. The minimum Gasteiger partial charge on any atom is -0.467 e. The lowest BCUT2D eigenvalue weighted by atomic mass is 10.1. The van der Waals surface area contributed by atoms with E-state index >= 15 is 0 Å². The van der Waals surface area contributed by atoms with Crippen molar-refractivity contribution in [3.05, 3.63) is 112 Å². The van der Waals surface area contributed by atoms with Crippen molar-refractivity contribution >= 4 is 35.4 Å². The van der Waals surface area contributed by atoms with Gasteiger partial charge >= 0.3 is 12.1 Å². The molecule has 0 aliphatic carbocycles. The fourth-order valence-corrected chi connectivity index (χ4v) is 4.40. The van der Waals surface area contributed by atoms with E-state index in [4.69, 9.17) is 21.1 Å². The summed E-state index contributed by atoms with van der Waals surface area (Å²) in [6.07, 6.45) is 0.668. The fourth-order valence-electron chi connectivity index (χ4n) is 4.11. The van der Waals surface area contributed by atoms with Crippen LogP contribution in [0, 0.1) is 6.92 Å². The molecule has 1 unspecified atom stereocenters. The number of carbonyl (C=O) groups excluding carboxylic acids is 3. The molecule has 0 aliphatic rings. The Kier molecular flexibility index (Phi) is 9.19. The van der Waals surface area contributed by atoms with E-state index in [2.05, 4.69) is 15.7 Å². The zero-order valence-electron chi connectivity index (χ0n) is 22.3. The maximum Gasteiger partial charge on any atom is 0.413 e. The van der Waals surface area contributed by atoms with E-state index in [1.807, 2.05) is 36.4 Å². The van der Waals surface area contributed by atoms with Crippen LogP contribution in [0.1, 0.15) is 40.1 Å². The Balaban J connectivity index is 1.45. The molecule has 206 valence electrons. The lowest BCUT2D eigenvalue weighted by Crippen LogP contribution is -2.43. The lowest BCUT2D eigenvalue weighted by molar-refractivity contribution is -0.142. The summed E-state index contributed by atoms with van der Waals surface area (Å²) in [7, 11) is 1.28. The molecule has 2 N–H and O–H groups in total. The number of hydrogen-bond acceptors (Lipinski definition) is 6. The summed E-state index contributed by atoms with van der Waals surface area (Å²) in [5.74, 6) is -0.542. The minimum absolute atomic E-state index is 0.296. The van der Waals surface area contributed by atoms with Gasteiger partial charge in [-0.15, -0.1) is 0 Å². The number of benzene rings is 3. The molecule has 2 atom stereocenters. The van der Waals surface area contributed by atoms with Gasteiger partial charge in [0.1, 0.15) is 18.0 Å². The van der Waals surface area contributed by atoms with Crippen LogP contribution in [-0.2, 0) is 20.7 Å². The van der Waals surface area contributed by atoms with Gasteiger partial charge in [-0.05, 0) is 49.7 Å². The fraction of sp³-hybridized carbons (Fsp3) is 0.200. The molecule has 0 spiro atoms. The molecule has 2 amide bonds. The van der Waals surface area contributed by atoms with Crippen molar-refractivity contribution in [2.75, 3.05) is 12.4 Å². The predicted octanol–water partition coefficient (Wildman–Crippen LogP) is 5.66. The van der Waals surface area contributed by atoms with E-state index in [1.54, 1.807) is 62.5 Å². The summed E-state index contributed by atoms with van der Waals surface area (Å²) in [5.41, 5.74) is 3.25. The Morgan fingerprint density at radius 1 is 0.975 bits per heavy atom. The van der Waals surface area contributed by atoms with Crippen LogP contribution < -0.4 is 10.6 Å². The number of amides is 2.